The van der Waals surface area contributed by atoms with Crippen molar-refractivity contribution < 1.29 is 9.13 Å². The lowest BCUT2D eigenvalue weighted by Gasteiger charge is -2.12. The van der Waals surface area contributed by atoms with E-state index in [0.717, 1.165) is 37.1 Å². The molecule has 0 radical (unpaired) electrons. The average molecular weight is 309 g/mol. The van der Waals surface area contributed by atoms with Crippen molar-refractivity contribution in [2.24, 2.45) is 5.10 Å². The first kappa shape index (κ1) is 15.9. The van der Waals surface area contributed by atoms with Gasteiger partial charge in [-0.3, -0.25) is 5.43 Å². The largest absolute Gasteiger partial charge is 0.376 e. The van der Waals surface area contributed by atoms with Crippen molar-refractivity contribution >= 4 is 23.0 Å². The monoisotopic (exact) mass is 309 g/mol. The first-order valence-electron chi connectivity index (χ1n) is 7.17. The SMILES string of the molecule is CC/C(=N\NC(=S)NCC1CCCO1)c1ccc(F)cc1. The maximum Gasteiger partial charge on any atom is 0.187 e. The fourth-order valence-electron chi connectivity index (χ4n) is 2.16. The molecule has 2 N–H and O–H groups in total. The summed E-state index contributed by atoms with van der Waals surface area (Å²) in [6.45, 7) is 3.52. The molecule has 1 fully saturated rings. The highest BCUT2D eigenvalue weighted by atomic mass is 32.1. The zero-order valence-corrected chi connectivity index (χ0v) is 12.9. The van der Waals surface area contributed by atoms with Crippen LogP contribution in [0.2, 0.25) is 0 Å². The molecule has 2 rings (SSSR count). The summed E-state index contributed by atoms with van der Waals surface area (Å²) >= 11 is 5.18. The fourth-order valence-corrected chi connectivity index (χ4v) is 2.29. The lowest BCUT2D eigenvalue weighted by atomic mass is 10.1. The van der Waals surface area contributed by atoms with Gasteiger partial charge in [-0.25, -0.2) is 4.39 Å². The highest BCUT2D eigenvalue weighted by Crippen LogP contribution is 2.10. The number of nitrogens with zero attached hydrogens (tertiary/aromatic N) is 1. The van der Waals surface area contributed by atoms with E-state index in [1.165, 1.54) is 12.1 Å². The Morgan fingerprint density at radius 3 is 2.81 bits per heavy atom. The molecule has 1 atom stereocenters. The van der Waals surface area contributed by atoms with E-state index in [4.69, 9.17) is 17.0 Å². The van der Waals surface area contributed by atoms with Crippen LogP contribution < -0.4 is 10.7 Å². The third-order valence-corrected chi connectivity index (χ3v) is 3.55. The van der Waals surface area contributed by atoms with Crippen molar-refractivity contribution in [3.8, 4) is 0 Å². The first-order chi connectivity index (χ1) is 10.2. The molecular formula is C15H20FN3OS. The van der Waals surface area contributed by atoms with Crippen LogP contribution >= 0.6 is 12.2 Å². The molecule has 1 aromatic carbocycles. The summed E-state index contributed by atoms with van der Waals surface area (Å²) in [5, 5.41) is 7.85. The molecule has 0 bridgehead atoms. The zero-order valence-electron chi connectivity index (χ0n) is 12.1. The van der Waals surface area contributed by atoms with Crippen molar-refractivity contribution in [1.82, 2.24) is 10.7 Å². The van der Waals surface area contributed by atoms with Gasteiger partial charge in [0.2, 0.25) is 0 Å². The Morgan fingerprint density at radius 2 is 2.19 bits per heavy atom. The Balaban J connectivity index is 1.84. The average Bonchev–Trinajstić information content (AvgIpc) is 3.01. The summed E-state index contributed by atoms with van der Waals surface area (Å²) in [6.07, 6.45) is 3.13. The Labute approximate surface area is 129 Å². The number of halogens is 1. The van der Waals surface area contributed by atoms with E-state index in [-0.39, 0.29) is 11.9 Å². The van der Waals surface area contributed by atoms with Crippen LogP contribution in [0.5, 0.6) is 0 Å². The number of ether oxygens (including phenoxy) is 1. The summed E-state index contributed by atoms with van der Waals surface area (Å²) in [6, 6.07) is 6.27. The molecule has 0 aromatic heterocycles. The number of hydrogen-bond donors (Lipinski definition) is 2. The molecule has 0 saturated carbocycles. The van der Waals surface area contributed by atoms with E-state index in [9.17, 15) is 4.39 Å². The van der Waals surface area contributed by atoms with E-state index >= 15 is 0 Å². The van der Waals surface area contributed by atoms with Gasteiger partial charge >= 0.3 is 0 Å². The van der Waals surface area contributed by atoms with Gasteiger partial charge in [-0.2, -0.15) is 5.10 Å². The predicted molar refractivity (Wildman–Crippen MR) is 85.9 cm³/mol. The second-order valence-corrected chi connectivity index (χ2v) is 5.28. The minimum Gasteiger partial charge on any atom is -0.376 e. The van der Waals surface area contributed by atoms with Gasteiger partial charge in [0.25, 0.3) is 0 Å². The van der Waals surface area contributed by atoms with Gasteiger partial charge < -0.3 is 10.1 Å². The third-order valence-electron chi connectivity index (χ3n) is 3.32. The van der Waals surface area contributed by atoms with Crippen LogP contribution in [-0.4, -0.2) is 30.1 Å². The number of nitrogens with one attached hydrogen (secondary N) is 2. The fraction of sp³-hybridized carbons (Fsp3) is 0.467. The molecule has 1 saturated heterocycles. The Kier molecular flexibility index (Phi) is 6.07. The maximum atomic E-state index is 12.9. The molecule has 1 aliphatic rings. The molecule has 21 heavy (non-hydrogen) atoms. The topological polar surface area (TPSA) is 45.7 Å². The van der Waals surface area contributed by atoms with Crippen LogP contribution in [0.1, 0.15) is 31.7 Å². The van der Waals surface area contributed by atoms with Crippen molar-refractivity contribution in [3.63, 3.8) is 0 Å². The van der Waals surface area contributed by atoms with Crippen LogP contribution in [0.4, 0.5) is 4.39 Å². The van der Waals surface area contributed by atoms with Gasteiger partial charge in [-0.1, -0.05) is 19.1 Å². The number of thiocarbonyl (C=S) groups is 1. The summed E-state index contributed by atoms with van der Waals surface area (Å²) in [5.74, 6) is -0.254. The van der Waals surface area contributed by atoms with Crippen LogP contribution in [0.25, 0.3) is 0 Å². The maximum absolute atomic E-state index is 12.9. The zero-order chi connectivity index (χ0) is 15.1. The number of rotatable bonds is 5. The van der Waals surface area contributed by atoms with Crippen LogP contribution in [0.3, 0.4) is 0 Å². The van der Waals surface area contributed by atoms with Gasteiger partial charge in [0, 0.05) is 13.2 Å². The number of benzene rings is 1. The van der Waals surface area contributed by atoms with E-state index in [1.54, 1.807) is 12.1 Å². The second-order valence-electron chi connectivity index (χ2n) is 4.88. The molecule has 0 amide bonds. The van der Waals surface area contributed by atoms with Gasteiger partial charge in [0.1, 0.15) is 5.82 Å². The summed E-state index contributed by atoms with van der Waals surface area (Å²) in [7, 11) is 0. The van der Waals surface area contributed by atoms with Crippen LogP contribution in [0.15, 0.2) is 29.4 Å². The molecule has 6 heteroatoms. The standard InChI is InChI=1S/C15H20FN3OS/c1-2-14(11-5-7-12(16)8-6-11)18-19-15(21)17-10-13-4-3-9-20-13/h5-8,13H,2-4,9-10H2,1H3,(H2,17,19,21)/b18-14+. The second kappa shape index (κ2) is 8.05. The quantitative estimate of drug-likeness (QED) is 0.498. The van der Waals surface area contributed by atoms with Crippen molar-refractivity contribution in [2.45, 2.75) is 32.3 Å². The molecule has 1 aromatic rings. The summed E-state index contributed by atoms with van der Waals surface area (Å²) in [4.78, 5) is 0. The molecule has 0 spiro atoms. The lowest BCUT2D eigenvalue weighted by Crippen LogP contribution is -2.37. The van der Waals surface area contributed by atoms with Gasteiger partial charge in [-0.05, 0) is 49.2 Å². The number of hydrazone groups is 1. The minimum absolute atomic E-state index is 0.233. The minimum atomic E-state index is -0.254. The van der Waals surface area contributed by atoms with Crippen molar-refractivity contribution in [3.05, 3.63) is 35.6 Å². The third kappa shape index (κ3) is 5.06. The highest BCUT2D eigenvalue weighted by molar-refractivity contribution is 7.80. The van der Waals surface area contributed by atoms with Gasteiger partial charge in [0.05, 0.1) is 11.8 Å². The van der Waals surface area contributed by atoms with Crippen molar-refractivity contribution in [2.75, 3.05) is 13.2 Å². The van der Waals surface area contributed by atoms with E-state index in [2.05, 4.69) is 15.8 Å². The van der Waals surface area contributed by atoms with Gasteiger partial charge in [-0.15, -0.1) is 0 Å². The Bertz CT molecular complexity index is 498. The molecule has 114 valence electrons. The summed E-state index contributed by atoms with van der Waals surface area (Å²) < 4.78 is 18.4. The predicted octanol–water partition coefficient (Wildman–Crippen LogP) is 2.58. The van der Waals surface area contributed by atoms with Crippen LogP contribution in [0, 0.1) is 5.82 Å². The van der Waals surface area contributed by atoms with E-state index in [1.807, 2.05) is 6.92 Å². The molecule has 1 heterocycles. The smallest absolute Gasteiger partial charge is 0.187 e. The molecule has 0 aliphatic carbocycles. The van der Waals surface area contributed by atoms with E-state index < -0.39 is 0 Å². The van der Waals surface area contributed by atoms with Crippen molar-refractivity contribution in [1.29, 1.82) is 0 Å². The lowest BCUT2D eigenvalue weighted by molar-refractivity contribution is 0.114. The van der Waals surface area contributed by atoms with E-state index in [0.29, 0.717) is 11.7 Å². The highest BCUT2D eigenvalue weighted by Gasteiger charge is 2.15. The molecule has 1 aliphatic heterocycles. The molecule has 4 nitrogen and oxygen atoms in total. The number of hydrogen-bond acceptors (Lipinski definition) is 3. The Morgan fingerprint density at radius 1 is 1.43 bits per heavy atom. The molecule has 1 unspecified atom stereocenters. The first-order valence-corrected chi connectivity index (χ1v) is 7.58. The summed E-state index contributed by atoms with van der Waals surface area (Å²) in [5.41, 5.74) is 4.54. The Hall–Kier alpha value is -1.53. The van der Waals surface area contributed by atoms with Crippen LogP contribution in [-0.2, 0) is 4.74 Å². The molecular weight excluding hydrogens is 289 g/mol. The normalized spacial score (nSPS) is 18.6. The van der Waals surface area contributed by atoms with Gasteiger partial charge in [0.15, 0.2) is 5.11 Å².